The van der Waals surface area contributed by atoms with Crippen molar-refractivity contribution in [2.75, 3.05) is 0 Å². The van der Waals surface area contributed by atoms with Crippen molar-refractivity contribution in [3.63, 3.8) is 0 Å². The third-order valence-electron chi connectivity index (χ3n) is 0. The van der Waals surface area contributed by atoms with Gasteiger partial charge in [-0.2, -0.15) is 9.90 Å². The summed E-state index contributed by atoms with van der Waals surface area (Å²) in [5.41, 5.74) is 0. The summed E-state index contributed by atoms with van der Waals surface area (Å²) < 4.78 is 0. The van der Waals surface area contributed by atoms with E-state index in [4.69, 9.17) is 0 Å². The summed E-state index contributed by atoms with van der Waals surface area (Å²) in [6.07, 6.45) is 0. The van der Waals surface area contributed by atoms with Crippen LogP contribution in [0.3, 0.4) is 0 Å². The molecular weight excluding hydrogens is 251 g/mol. The van der Waals surface area contributed by atoms with Gasteiger partial charge in [-0.1, -0.05) is 0 Å². The van der Waals surface area contributed by atoms with Crippen molar-refractivity contribution in [2.24, 2.45) is 0 Å². The zero-order valence-corrected chi connectivity index (χ0v) is 6.58. The summed E-state index contributed by atoms with van der Waals surface area (Å²) in [4.78, 5) is 0. The average molecular weight is 258 g/mol. The van der Waals surface area contributed by atoms with Crippen LogP contribution in [0.2, 0.25) is 0 Å². The van der Waals surface area contributed by atoms with E-state index in [0.717, 1.165) is 14.4 Å². The molecule has 0 saturated carbocycles. The monoisotopic (exact) mass is 259 g/mol. The van der Waals surface area contributed by atoms with Crippen molar-refractivity contribution in [1.29, 1.82) is 0 Å². The summed E-state index contributed by atoms with van der Waals surface area (Å²) in [7, 11) is 0. The third-order valence-corrected chi connectivity index (χ3v) is 0. The van der Waals surface area contributed by atoms with Crippen molar-refractivity contribution < 1.29 is 14.1 Å². The Morgan fingerprint density at radius 1 is 1.25 bits per heavy atom. The topological polar surface area (TPSA) is 0 Å². The predicted molar refractivity (Wildman–Crippen MR) is 28.2 cm³/mol. The Morgan fingerprint density at radius 3 is 1.25 bits per heavy atom. The van der Waals surface area contributed by atoms with Crippen LogP contribution in [0, 0.1) is 0 Å². The van der Waals surface area contributed by atoms with Crippen molar-refractivity contribution in [3.8, 4) is 0 Å². The Labute approximate surface area is 85.3 Å². The van der Waals surface area contributed by atoms with Crippen LogP contribution < -0.4 is 0 Å². The zero-order chi connectivity index (χ0) is 2.00. The first kappa shape index (κ1) is 15.7. The van der Waals surface area contributed by atoms with Gasteiger partial charge in [0.05, 0.1) is 0 Å². The van der Waals surface area contributed by atoms with Crippen LogP contribution in [0.15, 0.2) is 0 Å². The second kappa shape index (κ2) is 16.6. The van der Waals surface area contributed by atoms with Crippen LogP contribution in [0.1, 0.15) is 0 Å². The molecule has 0 aromatic carbocycles. The van der Waals surface area contributed by atoms with Gasteiger partial charge >= 0.3 is 77.5 Å². The molecule has 4 heteroatoms. The minimum atomic E-state index is 0. The Balaban J connectivity index is -0.00000000500. The number of hydrogen-bond donors (Lipinski definition) is 0. The second-order valence-corrected chi connectivity index (χ2v) is 0. The standard InChI is InChI=1S/Al.Ba.Fe.H3P.4H/h;;;1H3;;;;. The Morgan fingerprint density at radius 2 is 1.25 bits per heavy atom. The van der Waals surface area contributed by atoms with Gasteiger partial charge in [-0.25, -0.2) is 0 Å². The van der Waals surface area contributed by atoms with E-state index in [2.05, 4.69) is 14.1 Å². The van der Waals surface area contributed by atoms with E-state index in [9.17, 15) is 0 Å². The van der Waals surface area contributed by atoms with Gasteiger partial charge in [-0.3, -0.25) is 0 Å². The molecule has 0 aromatic rings. The van der Waals surface area contributed by atoms with Crippen LogP contribution in [-0.4, -0.2) is 63.3 Å². The van der Waals surface area contributed by atoms with E-state index in [1.807, 2.05) is 0 Å². The molecule has 0 aliphatic carbocycles. The molecule has 1 atom stereocenters. The zero-order valence-electron chi connectivity index (χ0n) is 2.06. The molecule has 4 heavy (non-hydrogen) atoms. The third kappa shape index (κ3) is 8.91. The first-order chi connectivity index (χ1) is 1.00. The van der Waals surface area contributed by atoms with E-state index in [-0.39, 0.29) is 58.8 Å². The fraction of sp³-hybridized carbons (Fsp3) is 0. The molecule has 1 unspecified atom stereocenters. The van der Waals surface area contributed by atoms with Gasteiger partial charge in [-0.15, -0.1) is 0 Å². The van der Waals surface area contributed by atoms with Crippen molar-refractivity contribution in [1.82, 2.24) is 0 Å². The molecule has 0 nitrogen and oxygen atoms in total. The molecule has 0 aromatic heterocycles. The Bertz CT molecular complexity index is 8.00. The van der Waals surface area contributed by atoms with Crippen molar-refractivity contribution in [3.05, 3.63) is 0 Å². The number of hydrogen-bond acceptors (Lipinski definition) is 0. The van der Waals surface area contributed by atoms with Gasteiger partial charge in [0.25, 0.3) is 0 Å². The fourth-order valence-corrected chi connectivity index (χ4v) is 0. The minimum absolute atomic E-state index is 0. The quantitative estimate of drug-likeness (QED) is 0.356. The molecule has 0 bridgehead atoms. The van der Waals surface area contributed by atoms with Crippen LogP contribution in [-0.2, 0) is 14.1 Å². The maximum atomic E-state index is 3.39. The van der Waals surface area contributed by atoms with Crippen LogP contribution in [0.4, 0.5) is 0 Å². The average Bonchev–Trinajstić information content (AvgIpc) is 1.00. The summed E-state index contributed by atoms with van der Waals surface area (Å²) >= 11 is 4.44. The van der Waals surface area contributed by atoms with Gasteiger partial charge in [0.15, 0.2) is 0 Å². The van der Waals surface area contributed by atoms with Gasteiger partial charge in [0.2, 0.25) is 0 Å². The molecular formula is H7AlBaFeP. The second-order valence-electron chi connectivity index (χ2n) is 0. The fourth-order valence-electron chi connectivity index (χ4n) is 0. The molecule has 0 fully saturated rings. The van der Waals surface area contributed by atoms with Gasteiger partial charge < -0.3 is 0 Å². The van der Waals surface area contributed by atoms with Crippen LogP contribution in [0.5, 0.6) is 0 Å². The van der Waals surface area contributed by atoms with Gasteiger partial charge in [0, 0.05) is 0 Å². The first-order valence-electron chi connectivity index (χ1n) is 0.354. The molecule has 0 heterocycles. The SMILES string of the molecule is P.[AlH2][Fe].[BaH2]. The summed E-state index contributed by atoms with van der Waals surface area (Å²) in [5.74, 6) is 0. The Kier molecular flexibility index (Phi) is 65.2. The van der Waals surface area contributed by atoms with E-state index in [1.165, 1.54) is 0 Å². The van der Waals surface area contributed by atoms with E-state index >= 15 is 0 Å². The molecule has 0 amide bonds. The molecule has 0 aliphatic heterocycles. The number of rotatable bonds is 0. The maximum absolute atomic E-state index is 3.39. The van der Waals surface area contributed by atoms with Crippen molar-refractivity contribution in [2.45, 2.75) is 0 Å². The normalized spacial score (nSPS) is 1.25. The van der Waals surface area contributed by atoms with Crippen LogP contribution >= 0.6 is 9.90 Å². The van der Waals surface area contributed by atoms with Gasteiger partial charge in [-0.05, 0) is 0 Å². The molecule has 0 aliphatic rings. The summed E-state index contributed by atoms with van der Waals surface area (Å²) in [5, 5.41) is 0. The summed E-state index contributed by atoms with van der Waals surface area (Å²) in [6.45, 7) is 0. The van der Waals surface area contributed by atoms with Crippen molar-refractivity contribution >= 4 is 73.2 Å². The first-order valence-corrected chi connectivity index (χ1v) is 4.37. The van der Waals surface area contributed by atoms with Crippen LogP contribution in [0.25, 0.3) is 0 Å². The molecule has 0 spiro atoms. The molecule has 0 N–H and O–H groups in total. The molecule has 0 radical (unpaired) electrons. The Hall–Kier alpha value is 3.05. The molecule has 0 saturated heterocycles. The molecule has 25 valence electrons. The summed E-state index contributed by atoms with van der Waals surface area (Å²) in [6, 6.07) is 0. The van der Waals surface area contributed by atoms with E-state index < -0.39 is 0 Å². The molecule has 0 rings (SSSR count). The van der Waals surface area contributed by atoms with E-state index in [1.54, 1.807) is 0 Å². The van der Waals surface area contributed by atoms with E-state index in [0.29, 0.717) is 0 Å². The van der Waals surface area contributed by atoms with Gasteiger partial charge in [0.1, 0.15) is 0 Å². The predicted octanol–water partition coefficient (Wildman–Crippen LogP) is -1.78.